The standard InChI is InChI=1S/C14H21NO5S/c1-11-3-4-12(19-2)13(9-11)21(17,18)15-10-14(16)5-7-20-8-6-14/h3-4,9,15-16H,5-8,10H2,1-2H3. The zero-order valence-corrected chi connectivity index (χ0v) is 13.1. The first kappa shape index (κ1) is 16.2. The van der Waals surface area contributed by atoms with Gasteiger partial charge in [0.25, 0.3) is 0 Å². The van der Waals surface area contributed by atoms with Crippen LogP contribution in [-0.4, -0.2) is 46.0 Å². The Bertz CT molecular complexity index is 593. The smallest absolute Gasteiger partial charge is 0.244 e. The van der Waals surface area contributed by atoms with Crippen molar-refractivity contribution in [2.45, 2.75) is 30.3 Å². The van der Waals surface area contributed by atoms with Gasteiger partial charge in [-0.3, -0.25) is 0 Å². The maximum absolute atomic E-state index is 12.4. The van der Waals surface area contributed by atoms with E-state index in [1.165, 1.54) is 7.11 Å². The molecule has 0 atom stereocenters. The van der Waals surface area contributed by atoms with Gasteiger partial charge >= 0.3 is 0 Å². The Hall–Kier alpha value is -1.15. The fourth-order valence-corrected chi connectivity index (χ4v) is 3.60. The van der Waals surface area contributed by atoms with E-state index in [0.29, 0.717) is 26.1 Å². The molecule has 0 saturated carbocycles. The van der Waals surface area contributed by atoms with Crippen LogP contribution in [0.5, 0.6) is 5.75 Å². The molecule has 0 aliphatic carbocycles. The molecule has 0 bridgehead atoms. The highest BCUT2D eigenvalue weighted by molar-refractivity contribution is 7.89. The number of benzene rings is 1. The molecule has 1 aromatic carbocycles. The largest absolute Gasteiger partial charge is 0.495 e. The van der Waals surface area contributed by atoms with E-state index in [4.69, 9.17) is 9.47 Å². The van der Waals surface area contributed by atoms with Crippen LogP contribution in [0.15, 0.2) is 23.1 Å². The van der Waals surface area contributed by atoms with Crippen molar-refractivity contribution < 1.29 is 23.0 Å². The van der Waals surface area contributed by atoms with Gasteiger partial charge in [0.1, 0.15) is 10.6 Å². The summed E-state index contributed by atoms with van der Waals surface area (Å²) in [6.45, 7) is 2.65. The summed E-state index contributed by atoms with van der Waals surface area (Å²) in [7, 11) is -2.31. The highest BCUT2D eigenvalue weighted by Crippen LogP contribution is 2.26. The minimum Gasteiger partial charge on any atom is -0.495 e. The maximum Gasteiger partial charge on any atom is 0.244 e. The zero-order valence-electron chi connectivity index (χ0n) is 12.3. The van der Waals surface area contributed by atoms with Crippen LogP contribution in [0.2, 0.25) is 0 Å². The van der Waals surface area contributed by atoms with Gasteiger partial charge in [-0.15, -0.1) is 0 Å². The van der Waals surface area contributed by atoms with E-state index in [0.717, 1.165) is 5.56 Å². The van der Waals surface area contributed by atoms with Gasteiger partial charge in [0, 0.05) is 32.6 Å². The number of rotatable bonds is 5. The molecule has 1 aliphatic heterocycles. The molecule has 1 aromatic rings. The van der Waals surface area contributed by atoms with Gasteiger partial charge in [-0.25, -0.2) is 13.1 Å². The van der Waals surface area contributed by atoms with E-state index < -0.39 is 15.6 Å². The van der Waals surface area contributed by atoms with E-state index in [1.807, 2.05) is 6.92 Å². The molecular weight excluding hydrogens is 294 g/mol. The second-order valence-corrected chi connectivity index (χ2v) is 7.05. The Labute approximate surface area is 125 Å². The minimum atomic E-state index is -3.74. The second-order valence-electron chi connectivity index (χ2n) is 5.32. The summed E-state index contributed by atoms with van der Waals surface area (Å²) in [5.41, 5.74) is -0.233. The van der Waals surface area contributed by atoms with Crippen LogP contribution >= 0.6 is 0 Å². The van der Waals surface area contributed by atoms with Crippen LogP contribution in [0, 0.1) is 6.92 Å². The normalized spacial score (nSPS) is 18.4. The van der Waals surface area contributed by atoms with Gasteiger partial charge in [0.15, 0.2) is 0 Å². The number of hydrogen-bond donors (Lipinski definition) is 2. The van der Waals surface area contributed by atoms with Crippen molar-refractivity contribution >= 4 is 10.0 Å². The molecular formula is C14H21NO5S. The first-order chi connectivity index (χ1) is 9.86. The minimum absolute atomic E-state index is 0.0320. The van der Waals surface area contributed by atoms with Crippen LogP contribution in [0.25, 0.3) is 0 Å². The molecule has 1 aliphatic rings. The average Bonchev–Trinajstić information content (AvgIpc) is 2.46. The second kappa shape index (κ2) is 6.31. The summed E-state index contributed by atoms with van der Waals surface area (Å²) < 4.78 is 37.6. The van der Waals surface area contributed by atoms with Gasteiger partial charge < -0.3 is 14.6 Å². The van der Waals surface area contributed by atoms with E-state index in [1.54, 1.807) is 18.2 Å². The fourth-order valence-electron chi connectivity index (χ4n) is 2.23. The molecule has 0 unspecified atom stereocenters. The lowest BCUT2D eigenvalue weighted by Gasteiger charge is -2.32. The molecule has 0 radical (unpaired) electrons. The molecule has 1 saturated heterocycles. The third-order valence-corrected chi connectivity index (χ3v) is 5.05. The first-order valence-electron chi connectivity index (χ1n) is 6.81. The molecule has 7 heteroatoms. The molecule has 118 valence electrons. The van der Waals surface area contributed by atoms with E-state index >= 15 is 0 Å². The Balaban J connectivity index is 2.17. The van der Waals surface area contributed by atoms with Crippen molar-refractivity contribution in [3.63, 3.8) is 0 Å². The van der Waals surface area contributed by atoms with Crippen molar-refractivity contribution in [2.75, 3.05) is 26.9 Å². The average molecular weight is 315 g/mol. The third-order valence-electron chi connectivity index (χ3n) is 3.62. The molecule has 0 aromatic heterocycles. The molecule has 0 amide bonds. The zero-order chi connectivity index (χ0) is 15.5. The van der Waals surface area contributed by atoms with Gasteiger partial charge in [0.2, 0.25) is 10.0 Å². The monoisotopic (exact) mass is 315 g/mol. The van der Waals surface area contributed by atoms with Crippen LogP contribution in [0.4, 0.5) is 0 Å². The number of hydrogen-bond acceptors (Lipinski definition) is 5. The Morgan fingerprint density at radius 3 is 2.67 bits per heavy atom. The number of ether oxygens (including phenoxy) is 2. The Kier molecular flexibility index (Phi) is 4.88. The fraction of sp³-hybridized carbons (Fsp3) is 0.571. The number of aliphatic hydroxyl groups is 1. The van der Waals surface area contributed by atoms with Crippen LogP contribution < -0.4 is 9.46 Å². The summed E-state index contributed by atoms with van der Waals surface area (Å²) in [4.78, 5) is 0.0839. The quantitative estimate of drug-likeness (QED) is 0.840. The van der Waals surface area contributed by atoms with Gasteiger partial charge in [-0.1, -0.05) is 6.07 Å². The van der Waals surface area contributed by atoms with Gasteiger partial charge in [-0.05, 0) is 24.6 Å². The lowest BCUT2D eigenvalue weighted by Crippen LogP contribution is -2.46. The maximum atomic E-state index is 12.4. The molecule has 1 fully saturated rings. The summed E-state index contributed by atoms with van der Waals surface area (Å²) in [6.07, 6.45) is 0.834. The first-order valence-corrected chi connectivity index (χ1v) is 8.29. The molecule has 2 rings (SSSR count). The summed E-state index contributed by atoms with van der Waals surface area (Å²) in [5.74, 6) is 0.284. The van der Waals surface area contributed by atoms with Crippen molar-refractivity contribution in [3.05, 3.63) is 23.8 Å². The van der Waals surface area contributed by atoms with Crippen LogP contribution in [0.3, 0.4) is 0 Å². The summed E-state index contributed by atoms with van der Waals surface area (Å²) in [5, 5.41) is 10.3. The van der Waals surface area contributed by atoms with Gasteiger partial charge in [-0.2, -0.15) is 0 Å². The lowest BCUT2D eigenvalue weighted by atomic mass is 9.95. The SMILES string of the molecule is COc1ccc(C)cc1S(=O)(=O)NCC1(O)CCOCC1. The highest BCUT2D eigenvalue weighted by Gasteiger charge is 2.32. The van der Waals surface area contributed by atoms with Crippen LogP contribution in [0.1, 0.15) is 18.4 Å². The van der Waals surface area contributed by atoms with Gasteiger partial charge in [0.05, 0.1) is 12.7 Å². The number of sulfonamides is 1. The van der Waals surface area contributed by atoms with Crippen molar-refractivity contribution in [2.24, 2.45) is 0 Å². The molecule has 0 spiro atoms. The highest BCUT2D eigenvalue weighted by atomic mass is 32.2. The Morgan fingerprint density at radius 2 is 2.05 bits per heavy atom. The predicted molar refractivity (Wildman–Crippen MR) is 77.9 cm³/mol. The molecule has 6 nitrogen and oxygen atoms in total. The van der Waals surface area contributed by atoms with E-state index in [9.17, 15) is 13.5 Å². The number of aryl methyl sites for hydroxylation is 1. The Morgan fingerprint density at radius 1 is 1.38 bits per heavy atom. The summed E-state index contributed by atoms with van der Waals surface area (Å²) in [6, 6.07) is 4.95. The lowest BCUT2D eigenvalue weighted by molar-refractivity contribution is -0.0588. The van der Waals surface area contributed by atoms with Crippen molar-refractivity contribution in [1.82, 2.24) is 4.72 Å². The topological polar surface area (TPSA) is 84.9 Å². The van der Waals surface area contributed by atoms with Crippen molar-refractivity contribution in [1.29, 1.82) is 0 Å². The summed E-state index contributed by atoms with van der Waals surface area (Å²) >= 11 is 0. The molecule has 1 heterocycles. The van der Waals surface area contributed by atoms with Crippen molar-refractivity contribution in [3.8, 4) is 5.75 Å². The van der Waals surface area contributed by atoms with Crippen LogP contribution in [-0.2, 0) is 14.8 Å². The molecule has 21 heavy (non-hydrogen) atoms. The number of nitrogens with one attached hydrogen (secondary N) is 1. The van der Waals surface area contributed by atoms with E-state index in [2.05, 4.69) is 4.72 Å². The van der Waals surface area contributed by atoms with E-state index in [-0.39, 0.29) is 17.2 Å². The number of methoxy groups -OCH3 is 1. The molecule has 2 N–H and O–H groups in total. The predicted octanol–water partition coefficient (Wildman–Crippen LogP) is 0.823. The third kappa shape index (κ3) is 3.94.